The summed E-state index contributed by atoms with van der Waals surface area (Å²) in [6.45, 7) is 7.43. The third-order valence-electron chi connectivity index (χ3n) is 3.17. The molecule has 1 amide bonds. The first-order valence-electron chi connectivity index (χ1n) is 5.17. The van der Waals surface area contributed by atoms with Crippen LogP contribution in [0.3, 0.4) is 0 Å². The Labute approximate surface area is 95.3 Å². The van der Waals surface area contributed by atoms with Crippen molar-refractivity contribution >= 4 is 17.2 Å². The molecule has 1 unspecified atom stereocenters. The summed E-state index contributed by atoms with van der Waals surface area (Å²) in [6.07, 6.45) is 0. The number of hydrogen-bond acceptors (Lipinski definition) is 2. The third kappa shape index (κ3) is 1.21. The summed E-state index contributed by atoms with van der Waals surface area (Å²) in [4.78, 5) is 13.4. The van der Waals surface area contributed by atoms with Gasteiger partial charge < -0.3 is 4.74 Å². The van der Waals surface area contributed by atoms with E-state index in [1.54, 1.807) is 12.0 Å². The van der Waals surface area contributed by atoms with Crippen molar-refractivity contribution in [3.8, 4) is 0 Å². The van der Waals surface area contributed by atoms with E-state index in [-0.39, 0.29) is 5.91 Å². The van der Waals surface area contributed by atoms with Crippen LogP contribution in [0.25, 0.3) is 5.57 Å². The number of fused-ring (bicyclic) bond motifs is 1. The maximum Gasteiger partial charge on any atom is 0.226 e. The SMILES string of the molecule is C=C1c2ccccc2N(C(C)=O)C1(C)OC. The lowest BCUT2D eigenvalue weighted by atomic mass is 10.0. The van der Waals surface area contributed by atoms with Gasteiger partial charge in [-0.05, 0) is 13.0 Å². The van der Waals surface area contributed by atoms with Crippen LogP contribution in [0, 0.1) is 0 Å². The second-order valence-corrected chi connectivity index (χ2v) is 4.04. The first kappa shape index (κ1) is 10.9. The van der Waals surface area contributed by atoms with Crippen molar-refractivity contribution in [3.63, 3.8) is 0 Å². The quantitative estimate of drug-likeness (QED) is 0.723. The van der Waals surface area contributed by atoms with Gasteiger partial charge in [0.1, 0.15) is 0 Å². The number of carbonyl (C=O) groups is 1. The van der Waals surface area contributed by atoms with Crippen LogP contribution in [0.4, 0.5) is 5.69 Å². The molecule has 0 radical (unpaired) electrons. The molecule has 1 aromatic carbocycles. The molecule has 3 nitrogen and oxygen atoms in total. The predicted molar refractivity (Wildman–Crippen MR) is 64.1 cm³/mol. The van der Waals surface area contributed by atoms with Gasteiger partial charge in [-0.25, -0.2) is 0 Å². The molecule has 3 heteroatoms. The van der Waals surface area contributed by atoms with Crippen LogP contribution in [0.15, 0.2) is 30.8 Å². The van der Waals surface area contributed by atoms with E-state index in [1.165, 1.54) is 6.92 Å². The van der Waals surface area contributed by atoms with E-state index >= 15 is 0 Å². The van der Waals surface area contributed by atoms with E-state index < -0.39 is 5.72 Å². The van der Waals surface area contributed by atoms with E-state index in [9.17, 15) is 4.79 Å². The zero-order valence-electron chi connectivity index (χ0n) is 9.78. The molecule has 0 spiro atoms. The van der Waals surface area contributed by atoms with Gasteiger partial charge in [0.2, 0.25) is 5.91 Å². The first-order valence-corrected chi connectivity index (χ1v) is 5.17. The average Bonchev–Trinajstić information content (AvgIpc) is 2.50. The summed E-state index contributed by atoms with van der Waals surface area (Å²) >= 11 is 0. The Hall–Kier alpha value is -1.61. The smallest absolute Gasteiger partial charge is 0.226 e. The summed E-state index contributed by atoms with van der Waals surface area (Å²) < 4.78 is 5.47. The lowest BCUT2D eigenvalue weighted by Gasteiger charge is -2.34. The Morgan fingerprint density at radius 2 is 2.06 bits per heavy atom. The van der Waals surface area contributed by atoms with Gasteiger partial charge in [-0.3, -0.25) is 9.69 Å². The molecule has 0 saturated carbocycles. The fraction of sp³-hybridized carbons (Fsp3) is 0.308. The van der Waals surface area contributed by atoms with Crippen LogP contribution < -0.4 is 4.90 Å². The van der Waals surface area contributed by atoms with E-state index in [1.807, 2.05) is 31.2 Å². The third-order valence-corrected chi connectivity index (χ3v) is 3.17. The molecule has 16 heavy (non-hydrogen) atoms. The van der Waals surface area contributed by atoms with Crippen molar-refractivity contribution in [1.29, 1.82) is 0 Å². The second kappa shape index (κ2) is 3.46. The first-order chi connectivity index (χ1) is 7.52. The molecule has 0 fully saturated rings. The van der Waals surface area contributed by atoms with Crippen molar-refractivity contribution in [3.05, 3.63) is 36.4 Å². The maximum atomic E-state index is 11.7. The number of nitrogens with zero attached hydrogens (tertiary/aromatic N) is 1. The number of methoxy groups -OCH3 is 1. The van der Waals surface area contributed by atoms with E-state index in [0.29, 0.717) is 0 Å². The number of benzene rings is 1. The fourth-order valence-electron chi connectivity index (χ4n) is 2.22. The lowest BCUT2D eigenvalue weighted by molar-refractivity contribution is -0.119. The van der Waals surface area contributed by atoms with Crippen molar-refractivity contribution < 1.29 is 9.53 Å². The number of hydrogen-bond donors (Lipinski definition) is 0. The topological polar surface area (TPSA) is 29.5 Å². The minimum Gasteiger partial charge on any atom is -0.354 e. The molecular weight excluding hydrogens is 202 g/mol. The molecule has 0 saturated heterocycles. The van der Waals surface area contributed by atoms with Crippen molar-refractivity contribution in [2.75, 3.05) is 12.0 Å². The minimum absolute atomic E-state index is 0.0459. The molecule has 1 atom stereocenters. The van der Waals surface area contributed by atoms with Crippen LogP contribution in [-0.2, 0) is 9.53 Å². The summed E-state index contributed by atoms with van der Waals surface area (Å²) in [7, 11) is 1.59. The van der Waals surface area contributed by atoms with Gasteiger partial charge >= 0.3 is 0 Å². The number of amides is 1. The molecule has 1 heterocycles. The average molecular weight is 217 g/mol. The molecule has 0 aliphatic carbocycles. The Morgan fingerprint density at radius 3 is 2.62 bits per heavy atom. The van der Waals surface area contributed by atoms with E-state index in [2.05, 4.69) is 6.58 Å². The molecule has 0 aromatic heterocycles. The highest BCUT2D eigenvalue weighted by molar-refractivity contribution is 6.04. The summed E-state index contributed by atoms with van der Waals surface area (Å²) in [6, 6.07) is 7.71. The highest BCUT2D eigenvalue weighted by Gasteiger charge is 2.45. The van der Waals surface area contributed by atoms with Crippen LogP contribution in [0.2, 0.25) is 0 Å². The Bertz CT molecular complexity index is 467. The van der Waals surface area contributed by atoms with Gasteiger partial charge in [0, 0.05) is 25.2 Å². The molecule has 1 aliphatic heterocycles. The van der Waals surface area contributed by atoms with Gasteiger partial charge in [0.05, 0.1) is 5.69 Å². The van der Waals surface area contributed by atoms with Crippen LogP contribution in [-0.4, -0.2) is 18.7 Å². The van der Waals surface area contributed by atoms with E-state index in [0.717, 1.165) is 16.8 Å². The van der Waals surface area contributed by atoms with Gasteiger partial charge in [-0.2, -0.15) is 0 Å². The largest absolute Gasteiger partial charge is 0.354 e. The molecular formula is C13H15NO2. The predicted octanol–water partition coefficient (Wildman–Crippen LogP) is 2.43. The van der Waals surface area contributed by atoms with Crippen molar-refractivity contribution in [2.45, 2.75) is 19.6 Å². The number of ether oxygens (including phenoxy) is 1. The van der Waals surface area contributed by atoms with Gasteiger partial charge in [0.25, 0.3) is 0 Å². The Kier molecular flexibility index (Phi) is 2.35. The summed E-state index contributed by atoms with van der Waals surface area (Å²) in [5.41, 5.74) is 1.89. The van der Waals surface area contributed by atoms with Crippen LogP contribution >= 0.6 is 0 Å². The lowest BCUT2D eigenvalue weighted by Crippen LogP contribution is -2.47. The van der Waals surface area contributed by atoms with Crippen molar-refractivity contribution in [2.24, 2.45) is 0 Å². The zero-order valence-corrected chi connectivity index (χ0v) is 9.78. The molecule has 84 valence electrons. The fourth-order valence-corrected chi connectivity index (χ4v) is 2.22. The summed E-state index contributed by atoms with van der Waals surface area (Å²) in [5, 5.41) is 0. The monoisotopic (exact) mass is 217 g/mol. The maximum absolute atomic E-state index is 11.7. The highest BCUT2D eigenvalue weighted by atomic mass is 16.5. The van der Waals surface area contributed by atoms with Gasteiger partial charge in [0.15, 0.2) is 5.72 Å². The van der Waals surface area contributed by atoms with Crippen LogP contribution in [0.1, 0.15) is 19.4 Å². The van der Waals surface area contributed by atoms with E-state index in [4.69, 9.17) is 4.74 Å². The van der Waals surface area contributed by atoms with Gasteiger partial charge in [-0.1, -0.05) is 24.8 Å². The molecule has 1 aliphatic rings. The Balaban J connectivity index is 2.66. The second-order valence-electron chi connectivity index (χ2n) is 4.04. The minimum atomic E-state index is -0.768. The van der Waals surface area contributed by atoms with Crippen LogP contribution in [0.5, 0.6) is 0 Å². The number of carbonyl (C=O) groups excluding carboxylic acids is 1. The zero-order chi connectivity index (χ0) is 11.9. The molecule has 2 rings (SSSR count). The molecule has 1 aromatic rings. The number of rotatable bonds is 1. The standard InChI is InChI=1S/C13H15NO2/c1-9-11-7-5-6-8-12(11)14(10(2)15)13(9,3)16-4/h5-8H,1H2,2-4H3. The van der Waals surface area contributed by atoms with Gasteiger partial charge in [-0.15, -0.1) is 0 Å². The number of para-hydroxylation sites is 1. The molecule has 0 N–H and O–H groups in total. The summed E-state index contributed by atoms with van der Waals surface area (Å²) in [5.74, 6) is -0.0459. The highest BCUT2D eigenvalue weighted by Crippen LogP contribution is 2.46. The Morgan fingerprint density at radius 1 is 1.44 bits per heavy atom. The normalized spacial score (nSPS) is 23.4. The number of anilines is 1. The van der Waals surface area contributed by atoms with Crippen molar-refractivity contribution in [1.82, 2.24) is 0 Å². The molecule has 0 bridgehead atoms.